The molecule has 0 radical (unpaired) electrons. The SMILES string of the molecule is COc1ccc(C(C#N)N2CCN(C(=O)c3cccc(C(F)(F)F)c3)CC2)cc1. The average molecular weight is 403 g/mol. The molecule has 1 aliphatic rings. The van der Waals surface area contributed by atoms with E-state index in [1.807, 2.05) is 17.0 Å². The number of hydrogen-bond acceptors (Lipinski definition) is 4. The number of hydrogen-bond donors (Lipinski definition) is 0. The minimum atomic E-state index is -4.49. The maximum absolute atomic E-state index is 12.9. The molecule has 1 amide bonds. The first-order valence-corrected chi connectivity index (χ1v) is 9.07. The number of nitrogens with zero attached hydrogens (tertiary/aromatic N) is 3. The lowest BCUT2D eigenvalue weighted by atomic mass is 10.0. The average Bonchev–Trinajstić information content (AvgIpc) is 2.74. The Morgan fingerprint density at radius 3 is 2.31 bits per heavy atom. The third-order valence-corrected chi connectivity index (χ3v) is 4.96. The van der Waals surface area contributed by atoms with Crippen LogP contribution in [0.3, 0.4) is 0 Å². The van der Waals surface area contributed by atoms with Gasteiger partial charge in [-0.05, 0) is 35.9 Å². The zero-order valence-corrected chi connectivity index (χ0v) is 15.8. The van der Waals surface area contributed by atoms with E-state index >= 15 is 0 Å². The molecule has 0 spiro atoms. The molecule has 1 aliphatic heterocycles. The lowest BCUT2D eigenvalue weighted by molar-refractivity contribution is -0.137. The van der Waals surface area contributed by atoms with Gasteiger partial charge >= 0.3 is 6.18 Å². The first-order chi connectivity index (χ1) is 13.8. The molecule has 5 nitrogen and oxygen atoms in total. The standard InChI is InChI=1S/C21H20F3N3O2/c1-29-18-7-5-15(6-8-18)19(14-25)26-9-11-27(12-10-26)20(28)16-3-2-4-17(13-16)21(22,23)24/h2-8,13,19H,9-12H2,1H3. The molecule has 0 N–H and O–H groups in total. The van der Waals surface area contributed by atoms with Crippen LogP contribution in [0.5, 0.6) is 5.75 Å². The predicted octanol–water partition coefficient (Wildman–Crippen LogP) is 3.74. The van der Waals surface area contributed by atoms with Crippen LogP contribution < -0.4 is 4.74 Å². The summed E-state index contributed by atoms with van der Waals surface area (Å²) in [6.45, 7) is 1.58. The van der Waals surface area contributed by atoms with Crippen LogP contribution in [-0.4, -0.2) is 49.0 Å². The van der Waals surface area contributed by atoms with Crippen molar-refractivity contribution in [1.82, 2.24) is 9.80 Å². The summed E-state index contributed by atoms with van der Waals surface area (Å²) in [4.78, 5) is 16.1. The molecule has 29 heavy (non-hydrogen) atoms. The summed E-state index contributed by atoms with van der Waals surface area (Å²) in [6.07, 6.45) is -4.49. The van der Waals surface area contributed by atoms with Crippen LogP contribution in [0.4, 0.5) is 13.2 Å². The van der Waals surface area contributed by atoms with Crippen molar-refractivity contribution in [2.45, 2.75) is 12.2 Å². The fraction of sp³-hybridized carbons (Fsp3) is 0.333. The topological polar surface area (TPSA) is 56.6 Å². The Morgan fingerprint density at radius 2 is 1.76 bits per heavy atom. The molecular formula is C21H20F3N3O2. The van der Waals surface area contributed by atoms with Crippen molar-refractivity contribution >= 4 is 5.91 Å². The molecule has 1 fully saturated rings. The Labute approximate surface area is 166 Å². The van der Waals surface area contributed by atoms with Crippen molar-refractivity contribution in [3.8, 4) is 11.8 Å². The lowest BCUT2D eigenvalue weighted by Gasteiger charge is -2.37. The fourth-order valence-electron chi connectivity index (χ4n) is 3.35. The Hall–Kier alpha value is -3.05. The first kappa shape index (κ1) is 20.7. The van der Waals surface area contributed by atoms with E-state index in [9.17, 15) is 23.2 Å². The summed E-state index contributed by atoms with van der Waals surface area (Å²) in [5.74, 6) is 0.260. The second kappa shape index (κ2) is 8.53. The number of rotatable bonds is 4. The normalized spacial score (nSPS) is 16.2. The minimum absolute atomic E-state index is 0.0141. The van der Waals surface area contributed by atoms with Gasteiger partial charge in [0.2, 0.25) is 0 Å². The van der Waals surface area contributed by atoms with E-state index in [0.717, 1.165) is 17.7 Å². The van der Waals surface area contributed by atoms with E-state index in [-0.39, 0.29) is 5.56 Å². The summed E-state index contributed by atoms with van der Waals surface area (Å²) in [7, 11) is 1.57. The smallest absolute Gasteiger partial charge is 0.416 e. The number of carbonyl (C=O) groups excluding carboxylic acids is 1. The van der Waals surface area contributed by atoms with E-state index < -0.39 is 23.7 Å². The number of nitriles is 1. The number of alkyl halides is 3. The van der Waals surface area contributed by atoms with E-state index in [0.29, 0.717) is 31.9 Å². The van der Waals surface area contributed by atoms with Crippen LogP contribution in [0.1, 0.15) is 27.5 Å². The zero-order valence-electron chi connectivity index (χ0n) is 15.8. The third kappa shape index (κ3) is 4.69. The number of methoxy groups -OCH3 is 1. The summed E-state index contributed by atoms with van der Waals surface area (Å²) in [5, 5.41) is 9.61. The highest BCUT2D eigenvalue weighted by atomic mass is 19.4. The van der Waals surface area contributed by atoms with E-state index in [4.69, 9.17) is 4.74 Å². The maximum Gasteiger partial charge on any atom is 0.416 e. The summed E-state index contributed by atoms with van der Waals surface area (Å²) < 4.78 is 43.8. The van der Waals surface area contributed by atoms with Gasteiger partial charge in [0, 0.05) is 31.7 Å². The van der Waals surface area contributed by atoms with E-state index in [2.05, 4.69) is 6.07 Å². The van der Waals surface area contributed by atoms with Crippen LogP contribution in [0.25, 0.3) is 0 Å². The number of piperazine rings is 1. The van der Waals surface area contributed by atoms with Crippen LogP contribution in [-0.2, 0) is 6.18 Å². The van der Waals surface area contributed by atoms with Gasteiger partial charge in [0.25, 0.3) is 5.91 Å². The fourth-order valence-corrected chi connectivity index (χ4v) is 3.35. The quantitative estimate of drug-likeness (QED) is 0.781. The van der Waals surface area contributed by atoms with Crippen LogP contribution in [0.15, 0.2) is 48.5 Å². The molecule has 2 aromatic rings. The molecule has 1 atom stereocenters. The molecule has 0 aliphatic carbocycles. The van der Waals surface area contributed by atoms with Crippen LogP contribution in [0, 0.1) is 11.3 Å². The number of ether oxygens (including phenoxy) is 1. The van der Waals surface area contributed by atoms with Crippen LogP contribution >= 0.6 is 0 Å². The van der Waals surface area contributed by atoms with Crippen molar-refractivity contribution in [2.75, 3.05) is 33.3 Å². The summed E-state index contributed by atoms with van der Waals surface area (Å²) in [6, 6.07) is 13.5. The molecule has 1 heterocycles. The zero-order chi connectivity index (χ0) is 21.0. The Kier molecular flexibility index (Phi) is 6.09. The monoisotopic (exact) mass is 403 g/mol. The van der Waals surface area contributed by atoms with Gasteiger partial charge < -0.3 is 9.64 Å². The molecular weight excluding hydrogens is 383 g/mol. The van der Waals surface area contributed by atoms with Crippen molar-refractivity contribution in [2.24, 2.45) is 0 Å². The Balaban J connectivity index is 1.66. The summed E-state index contributed by atoms with van der Waals surface area (Å²) in [5.41, 5.74) is -0.00254. The molecule has 1 unspecified atom stereocenters. The van der Waals surface area contributed by atoms with Gasteiger partial charge in [0.1, 0.15) is 11.8 Å². The van der Waals surface area contributed by atoms with Gasteiger partial charge in [-0.1, -0.05) is 18.2 Å². The molecule has 2 aromatic carbocycles. The molecule has 152 valence electrons. The Morgan fingerprint density at radius 1 is 1.10 bits per heavy atom. The molecule has 1 saturated heterocycles. The highest BCUT2D eigenvalue weighted by Crippen LogP contribution is 2.30. The third-order valence-electron chi connectivity index (χ3n) is 4.96. The Bertz CT molecular complexity index is 899. The highest BCUT2D eigenvalue weighted by Gasteiger charge is 2.32. The van der Waals surface area contributed by atoms with Crippen molar-refractivity contribution in [3.63, 3.8) is 0 Å². The van der Waals surface area contributed by atoms with Gasteiger partial charge in [-0.25, -0.2) is 0 Å². The van der Waals surface area contributed by atoms with Crippen LogP contribution in [0.2, 0.25) is 0 Å². The molecule has 0 aromatic heterocycles. The largest absolute Gasteiger partial charge is 0.497 e. The molecule has 0 bridgehead atoms. The minimum Gasteiger partial charge on any atom is -0.497 e. The lowest BCUT2D eigenvalue weighted by Crippen LogP contribution is -2.49. The van der Waals surface area contributed by atoms with Gasteiger partial charge in [0.15, 0.2) is 0 Å². The van der Waals surface area contributed by atoms with Gasteiger partial charge in [0.05, 0.1) is 18.7 Å². The molecule has 0 saturated carbocycles. The van der Waals surface area contributed by atoms with Gasteiger partial charge in [-0.2, -0.15) is 18.4 Å². The number of carbonyl (C=O) groups is 1. The second-order valence-corrected chi connectivity index (χ2v) is 6.71. The molecule has 3 rings (SSSR count). The van der Waals surface area contributed by atoms with E-state index in [1.54, 1.807) is 19.2 Å². The maximum atomic E-state index is 12.9. The predicted molar refractivity (Wildman–Crippen MR) is 100 cm³/mol. The molecule has 8 heteroatoms. The summed E-state index contributed by atoms with van der Waals surface area (Å²) >= 11 is 0. The van der Waals surface area contributed by atoms with E-state index in [1.165, 1.54) is 17.0 Å². The number of amides is 1. The number of benzene rings is 2. The first-order valence-electron chi connectivity index (χ1n) is 9.07. The number of halogens is 3. The van der Waals surface area contributed by atoms with Crippen molar-refractivity contribution < 1.29 is 22.7 Å². The van der Waals surface area contributed by atoms with Gasteiger partial charge in [-0.3, -0.25) is 9.69 Å². The highest BCUT2D eigenvalue weighted by molar-refractivity contribution is 5.94. The van der Waals surface area contributed by atoms with Crippen molar-refractivity contribution in [3.05, 3.63) is 65.2 Å². The van der Waals surface area contributed by atoms with Gasteiger partial charge in [-0.15, -0.1) is 0 Å². The van der Waals surface area contributed by atoms with Crippen molar-refractivity contribution in [1.29, 1.82) is 5.26 Å². The second-order valence-electron chi connectivity index (χ2n) is 6.71.